The summed E-state index contributed by atoms with van der Waals surface area (Å²) in [6.07, 6.45) is 1.31. The number of carbonyl (C=O) groups is 1. The van der Waals surface area contributed by atoms with Gasteiger partial charge in [0.25, 0.3) is 0 Å². The summed E-state index contributed by atoms with van der Waals surface area (Å²) >= 11 is 2.05. The Bertz CT molecular complexity index is 80.5. The molecule has 0 bridgehead atoms. The minimum Gasteiger partial charge on any atom is -0.465 e. The van der Waals surface area contributed by atoms with Crippen LogP contribution in [0.3, 0.4) is 0 Å². The molecule has 0 radical (unpaired) electrons. The Morgan fingerprint density at radius 1 is 1.36 bits per heavy atom. The van der Waals surface area contributed by atoms with Gasteiger partial charge in [-0.2, -0.15) is 11.8 Å². The summed E-state index contributed by atoms with van der Waals surface area (Å²) in [7, 11) is 0. The highest BCUT2D eigenvalue weighted by Crippen LogP contribution is 2.02. The molecule has 0 aliphatic rings. The summed E-state index contributed by atoms with van der Waals surface area (Å²) in [6.45, 7) is 4.45. The van der Waals surface area contributed by atoms with Gasteiger partial charge in [0.05, 0.1) is 0 Å². The van der Waals surface area contributed by atoms with Gasteiger partial charge in [0.2, 0.25) is 0 Å². The summed E-state index contributed by atoms with van der Waals surface area (Å²) in [5.74, 6) is 2.68. The number of hydrogen-bond acceptors (Lipinski definition) is 2. The van der Waals surface area contributed by atoms with Crippen molar-refractivity contribution in [3.05, 3.63) is 0 Å². The molecule has 1 amide bonds. The third-order valence-electron chi connectivity index (χ3n) is 0.697. The maximum atomic E-state index is 8.78. The fraction of sp³-hybridized carbons (Fsp3) is 0.857. The smallest absolute Gasteiger partial charge is 0.402 e. The molecule has 3 N–H and O–H groups in total. The second-order valence-electron chi connectivity index (χ2n) is 1.95. The van der Waals surface area contributed by atoms with Gasteiger partial charge in [-0.3, -0.25) is 0 Å². The van der Waals surface area contributed by atoms with Crippen LogP contribution in [0.4, 0.5) is 4.79 Å². The molecule has 0 saturated carbocycles. The van der Waals surface area contributed by atoms with Crippen LogP contribution < -0.4 is 5.73 Å². The van der Waals surface area contributed by atoms with Crippen molar-refractivity contribution in [3.63, 3.8) is 0 Å². The van der Waals surface area contributed by atoms with Crippen molar-refractivity contribution in [1.82, 2.24) is 0 Å². The quantitative estimate of drug-likeness (QED) is 0.650. The van der Waals surface area contributed by atoms with E-state index in [0.717, 1.165) is 0 Å². The van der Waals surface area contributed by atoms with Crippen LogP contribution in [-0.4, -0.2) is 22.7 Å². The van der Waals surface area contributed by atoms with E-state index in [9.17, 15) is 0 Å². The molecule has 11 heavy (non-hydrogen) atoms. The molecule has 0 atom stereocenters. The van der Waals surface area contributed by atoms with Crippen LogP contribution in [0.5, 0.6) is 0 Å². The predicted octanol–water partition coefficient (Wildman–Crippen LogP) is 2.16. The van der Waals surface area contributed by atoms with Gasteiger partial charge >= 0.3 is 6.09 Å². The zero-order valence-corrected chi connectivity index (χ0v) is 7.99. The lowest BCUT2D eigenvalue weighted by atomic mass is 10.6. The molecule has 0 heterocycles. The van der Waals surface area contributed by atoms with E-state index in [-0.39, 0.29) is 0 Å². The number of amides is 1. The van der Waals surface area contributed by atoms with Crippen molar-refractivity contribution in [2.45, 2.75) is 26.7 Å². The minimum atomic E-state index is -1.33. The fourth-order valence-corrected chi connectivity index (χ4v) is 1.17. The number of hydrogen-bond donors (Lipinski definition) is 2. The van der Waals surface area contributed by atoms with E-state index in [0.29, 0.717) is 0 Å². The van der Waals surface area contributed by atoms with Crippen LogP contribution in [-0.2, 0) is 0 Å². The van der Waals surface area contributed by atoms with Gasteiger partial charge in [-0.15, -0.1) is 0 Å². The van der Waals surface area contributed by atoms with Crippen molar-refractivity contribution in [2.24, 2.45) is 5.73 Å². The van der Waals surface area contributed by atoms with E-state index in [4.69, 9.17) is 9.90 Å². The zero-order valence-electron chi connectivity index (χ0n) is 7.17. The Morgan fingerprint density at radius 2 is 1.64 bits per heavy atom. The first-order valence-electron chi connectivity index (χ1n) is 3.71. The van der Waals surface area contributed by atoms with Crippen LogP contribution in [0.1, 0.15) is 26.7 Å². The second-order valence-corrected chi connectivity index (χ2v) is 3.18. The van der Waals surface area contributed by atoms with Gasteiger partial charge in [0.15, 0.2) is 0 Å². The number of thioether (sulfide) groups is 1. The number of carboxylic acid groups (broad SMARTS) is 1. The molecular formula is C7H17NO2S. The molecule has 0 unspecified atom stereocenters. The first-order chi connectivity index (χ1) is 5.15. The van der Waals surface area contributed by atoms with Gasteiger partial charge in [0.1, 0.15) is 0 Å². The van der Waals surface area contributed by atoms with Gasteiger partial charge < -0.3 is 10.8 Å². The Morgan fingerprint density at radius 3 is 1.82 bits per heavy atom. The number of primary amides is 1. The van der Waals surface area contributed by atoms with Gasteiger partial charge in [-0.25, -0.2) is 4.79 Å². The Kier molecular flexibility index (Phi) is 14.8. The molecule has 4 heteroatoms. The van der Waals surface area contributed by atoms with E-state index in [1.165, 1.54) is 24.3 Å². The van der Waals surface area contributed by atoms with Gasteiger partial charge in [0, 0.05) is 0 Å². The summed E-state index contributed by atoms with van der Waals surface area (Å²) in [5, 5.41) is 7.19. The lowest BCUT2D eigenvalue weighted by molar-refractivity contribution is 0.205. The van der Waals surface area contributed by atoms with Gasteiger partial charge in [-0.05, 0) is 24.3 Å². The van der Waals surface area contributed by atoms with Crippen molar-refractivity contribution in [3.8, 4) is 0 Å². The van der Waals surface area contributed by atoms with Crippen molar-refractivity contribution < 1.29 is 9.90 Å². The number of nitrogens with two attached hydrogens (primary N) is 1. The highest BCUT2D eigenvalue weighted by atomic mass is 32.2. The first-order valence-corrected chi connectivity index (χ1v) is 4.86. The molecule has 0 rings (SSSR count). The van der Waals surface area contributed by atoms with Crippen molar-refractivity contribution in [2.75, 3.05) is 11.5 Å². The lowest BCUT2D eigenvalue weighted by Gasteiger charge is -1.91. The summed E-state index contributed by atoms with van der Waals surface area (Å²) < 4.78 is 0. The third kappa shape index (κ3) is 42.6. The lowest BCUT2D eigenvalue weighted by Crippen LogP contribution is -2.03. The molecule has 3 nitrogen and oxygen atoms in total. The molecular weight excluding hydrogens is 162 g/mol. The average Bonchev–Trinajstić information content (AvgIpc) is 1.88. The maximum absolute atomic E-state index is 8.78. The third-order valence-corrected chi connectivity index (χ3v) is 2.09. The van der Waals surface area contributed by atoms with Crippen molar-refractivity contribution >= 4 is 17.9 Å². The summed E-state index contributed by atoms with van der Waals surface area (Å²) in [5.41, 5.74) is 4.03. The molecule has 0 aliphatic carbocycles. The van der Waals surface area contributed by atoms with E-state index in [1.54, 1.807) is 0 Å². The molecule has 0 spiro atoms. The molecule has 0 aromatic rings. The maximum Gasteiger partial charge on any atom is 0.402 e. The molecule has 0 aromatic carbocycles. The van der Waals surface area contributed by atoms with E-state index >= 15 is 0 Å². The van der Waals surface area contributed by atoms with Crippen LogP contribution in [0.2, 0.25) is 0 Å². The SMILES string of the molecule is CCCSCCC.NC(=O)O. The molecule has 68 valence electrons. The minimum absolute atomic E-state index is 1.32. The van der Waals surface area contributed by atoms with E-state index < -0.39 is 6.09 Å². The Labute approximate surface area is 72.4 Å². The molecule has 0 fully saturated rings. The zero-order chi connectivity index (χ0) is 9.11. The monoisotopic (exact) mass is 179 g/mol. The van der Waals surface area contributed by atoms with Crippen LogP contribution >= 0.6 is 11.8 Å². The Balaban J connectivity index is 0. The largest absolute Gasteiger partial charge is 0.465 e. The normalized spacial score (nSPS) is 8.18. The second kappa shape index (κ2) is 12.3. The number of rotatable bonds is 4. The highest BCUT2D eigenvalue weighted by Gasteiger charge is 1.79. The first kappa shape index (κ1) is 13.2. The van der Waals surface area contributed by atoms with E-state index in [2.05, 4.69) is 31.3 Å². The molecule has 0 aromatic heterocycles. The van der Waals surface area contributed by atoms with Crippen LogP contribution in [0, 0.1) is 0 Å². The standard InChI is InChI=1S/C6H14S.CH3NO2/c1-3-5-7-6-4-2;2-1(3)4/h3-6H2,1-2H3;2H2,(H,3,4). The Hall–Kier alpha value is -0.380. The summed E-state index contributed by atoms with van der Waals surface area (Å²) in [6, 6.07) is 0. The van der Waals surface area contributed by atoms with Crippen LogP contribution in [0.15, 0.2) is 0 Å². The van der Waals surface area contributed by atoms with Gasteiger partial charge in [-0.1, -0.05) is 13.8 Å². The molecule has 0 saturated heterocycles. The average molecular weight is 179 g/mol. The summed E-state index contributed by atoms with van der Waals surface area (Å²) in [4.78, 5) is 8.78. The van der Waals surface area contributed by atoms with E-state index in [1.807, 2.05) is 0 Å². The van der Waals surface area contributed by atoms with Crippen molar-refractivity contribution in [1.29, 1.82) is 0 Å². The highest BCUT2D eigenvalue weighted by molar-refractivity contribution is 7.99. The van der Waals surface area contributed by atoms with Crippen LogP contribution in [0.25, 0.3) is 0 Å². The topological polar surface area (TPSA) is 63.3 Å². The predicted molar refractivity (Wildman–Crippen MR) is 50.1 cm³/mol. The fourth-order valence-electron chi connectivity index (χ4n) is 0.391. The molecule has 0 aliphatic heterocycles.